The summed E-state index contributed by atoms with van der Waals surface area (Å²) >= 11 is 3.11. The third-order valence-corrected chi connectivity index (χ3v) is 1.88. The molecule has 0 atom stereocenters. The Balaban J connectivity index is 3.07. The van der Waals surface area contributed by atoms with Crippen LogP contribution in [0.25, 0.3) is 0 Å². The highest BCUT2D eigenvalue weighted by Gasteiger charge is 2.30. The number of alkyl halides is 2. The summed E-state index contributed by atoms with van der Waals surface area (Å²) < 4.78 is 26.0. The second kappa shape index (κ2) is 3.20. The molecule has 0 saturated carbocycles. The minimum absolute atomic E-state index is 0.284. The Morgan fingerprint density at radius 1 is 1.25 bits per heavy atom. The molecule has 0 fully saturated rings. The van der Waals surface area contributed by atoms with Crippen molar-refractivity contribution in [2.45, 2.75) is 5.92 Å². The van der Waals surface area contributed by atoms with Gasteiger partial charge in [-0.05, 0) is 12.1 Å². The number of nitrogens with zero attached hydrogens (tertiary/aromatic N) is 1. The Morgan fingerprint density at radius 3 is 2.17 bits per heavy atom. The van der Waals surface area contributed by atoms with Gasteiger partial charge in [0.05, 0.1) is 0 Å². The van der Waals surface area contributed by atoms with Gasteiger partial charge in [-0.15, -0.1) is 0 Å². The number of rotatable bonds is 1. The van der Waals surface area contributed by atoms with Crippen molar-refractivity contribution in [1.29, 1.82) is 5.26 Å². The van der Waals surface area contributed by atoms with Crippen molar-refractivity contribution in [2.75, 3.05) is 0 Å². The molecule has 0 aromatic heterocycles. The highest BCUT2D eigenvalue weighted by atomic mass is 79.9. The van der Waals surface area contributed by atoms with Crippen molar-refractivity contribution in [3.63, 3.8) is 0 Å². The van der Waals surface area contributed by atoms with Crippen LogP contribution in [-0.2, 0) is 5.92 Å². The highest BCUT2D eigenvalue weighted by Crippen LogP contribution is 2.27. The molecule has 0 radical (unpaired) electrons. The average Bonchev–Trinajstić information content (AvgIpc) is 2.05. The molecular formula is C8H4BrF2N. The Bertz CT molecular complexity index is 313. The number of hydrogen-bond donors (Lipinski definition) is 0. The van der Waals surface area contributed by atoms with Gasteiger partial charge in [0.15, 0.2) is 0 Å². The van der Waals surface area contributed by atoms with E-state index >= 15 is 0 Å². The zero-order chi connectivity index (χ0) is 9.19. The third-order valence-electron chi connectivity index (χ3n) is 1.35. The summed E-state index contributed by atoms with van der Waals surface area (Å²) in [4.78, 5) is 0. The predicted octanol–water partition coefficient (Wildman–Crippen LogP) is 3.06. The predicted molar refractivity (Wildman–Crippen MR) is 43.6 cm³/mol. The van der Waals surface area contributed by atoms with Crippen LogP contribution in [0.4, 0.5) is 8.78 Å². The largest absolute Gasteiger partial charge is 0.357 e. The molecule has 62 valence electrons. The van der Waals surface area contributed by atoms with Gasteiger partial charge in [-0.2, -0.15) is 14.0 Å². The summed E-state index contributed by atoms with van der Waals surface area (Å²) in [6.45, 7) is 0. The smallest absolute Gasteiger partial charge is 0.191 e. The van der Waals surface area contributed by atoms with Gasteiger partial charge < -0.3 is 0 Å². The lowest BCUT2D eigenvalue weighted by molar-refractivity contribution is 0.0613. The molecule has 1 rings (SSSR count). The molecule has 0 saturated heterocycles. The van der Waals surface area contributed by atoms with Crippen LogP contribution in [-0.4, -0.2) is 0 Å². The quantitative estimate of drug-likeness (QED) is 0.729. The molecule has 0 aliphatic heterocycles. The van der Waals surface area contributed by atoms with Crippen molar-refractivity contribution >= 4 is 15.9 Å². The molecule has 0 heterocycles. The first-order chi connectivity index (χ1) is 5.56. The molecule has 4 heteroatoms. The summed E-state index contributed by atoms with van der Waals surface area (Å²) in [5, 5.41) is 8.11. The second-order valence-corrected chi connectivity index (χ2v) is 3.11. The lowest BCUT2D eigenvalue weighted by atomic mass is 10.1. The molecule has 12 heavy (non-hydrogen) atoms. The van der Waals surface area contributed by atoms with Crippen LogP contribution in [0.5, 0.6) is 0 Å². The number of nitriles is 1. The van der Waals surface area contributed by atoms with Crippen molar-refractivity contribution < 1.29 is 8.78 Å². The van der Waals surface area contributed by atoms with E-state index in [1.54, 1.807) is 0 Å². The minimum atomic E-state index is -3.39. The van der Waals surface area contributed by atoms with E-state index in [1.807, 2.05) is 0 Å². The zero-order valence-corrected chi connectivity index (χ0v) is 7.48. The highest BCUT2D eigenvalue weighted by molar-refractivity contribution is 9.10. The minimum Gasteiger partial charge on any atom is -0.191 e. The summed E-state index contributed by atoms with van der Waals surface area (Å²) in [6, 6.07) is 6.31. The van der Waals surface area contributed by atoms with Crippen molar-refractivity contribution in [2.24, 2.45) is 0 Å². The van der Waals surface area contributed by atoms with E-state index in [1.165, 1.54) is 24.3 Å². The lowest BCUT2D eigenvalue weighted by Gasteiger charge is -2.06. The van der Waals surface area contributed by atoms with Crippen molar-refractivity contribution in [1.82, 2.24) is 0 Å². The molecule has 0 aliphatic carbocycles. The van der Waals surface area contributed by atoms with E-state index in [9.17, 15) is 8.78 Å². The van der Waals surface area contributed by atoms with Gasteiger partial charge in [-0.3, -0.25) is 0 Å². The molecule has 1 aromatic carbocycles. The fourth-order valence-electron chi connectivity index (χ4n) is 0.724. The number of benzene rings is 1. The Hall–Kier alpha value is -0.950. The first-order valence-corrected chi connectivity index (χ1v) is 3.90. The number of hydrogen-bond acceptors (Lipinski definition) is 1. The van der Waals surface area contributed by atoms with Gasteiger partial charge in [0.2, 0.25) is 0 Å². The topological polar surface area (TPSA) is 23.8 Å². The lowest BCUT2D eigenvalue weighted by Crippen LogP contribution is -2.08. The van der Waals surface area contributed by atoms with Gasteiger partial charge in [0.1, 0.15) is 6.07 Å². The first kappa shape index (κ1) is 9.14. The van der Waals surface area contributed by atoms with E-state index in [4.69, 9.17) is 5.26 Å². The van der Waals surface area contributed by atoms with Crippen molar-refractivity contribution in [3.8, 4) is 6.07 Å². The number of halogens is 3. The maximum absolute atomic E-state index is 12.6. The van der Waals surface area contributed by atoms with Crippen LogP contribution in [0.1, 0.15) is 5.56 Å². The maximum Gasteiger partial charge on any atom is 0.357 e. The summed E-state index contributed by atoms with van der Waals surface area (Å²) in [5.74, 6) is -3.39. The van der Waals surface area contributed by atoms with E-state index in [2.05, 4.69) is 15.9 Å². The first-order valence-electron chi connectivity index (χ1n) is 3.11. The molecule has 0 N–H and O–H groups in total. The standard InChI is InChI=1S/C8H4BrF2N/c9-7-3-1-6(2-4-7)8(10,11)5-12/h1-4H. The van der Waals surface area contributed by atoms with Gasteiger partial charge >= 0.3 is 5.92 Å². The Kier molecular flexibility index (Phi) is 2.43. The van der Waals surface area contributed by atoms with Crippen molar-refractivity contribution in [3.05, 3.63) is 34.3 Å². The molecule has 0 spiro atoms. The molecular weight excluding hydrogens is 228 g/mol. The fourth-order valence-corrected chi connectivity index (χ4v) is 0.988. The molecule has 0 bridgehead atoms. The van der Waals surface area contributed by atoms with Crippen LogP contribution >= 0.6 is 15.9 Å². The summed E-state index contributed by atoms with van der Waals surface area (Å²) in [5.41, 5.74) is -0.284. The fraction of sp³-hybridized carbons (Fsp3) is 0.125. The summed E-state index contributed by atoms with van der Waals surface area (Å²) in [6.07, 6.45) is 0. The molecule has 0 amide bonds. The van der Waals surface area contributed by atoms with Gasteiger partial charge in [-0.25, -0.2) is 0 Å². The third kappa shape index (κ3) is 1.80. The maximum atomic E-state index is 12.6. The SMILES string of the molecule is N#CC(F)(F)c1ccc(Br)cc1. The van der Waals surface area contributed by atoms with Crippen LogP contribution in [0.15, 0.2) is 28.7 Å². The van der Waals surface area contributed by atoms with E-state index in [0.29, 0.717) is 4.47 Å². The molecule has 0 unspecified atom stereocenters. The van der Waals surface area contributed by atoms with E-state index in [-0.39, 0.29) is 5.56 Å². The van der Waals surface area contributed by atoms with Crippen LogP contribution in [0.2, 0.25) is 0 Å². The van der Waals surface area contributed by atoms with Crippen LogP contribution in [0.3, 0.4) is 0 Å². The average molecular weight is 232 g/mol. The Morgan fingerprint density at radius 2 is 1.75 bits per heavy atom. The van der Waals surface area contributed by atoms with Gasteiger partial charge in [-0.1, -0.05) is 28.1 Å². The molecule has 1 nitrogen and oxygen atoms in total. The van der Waals surface area contributed by atoms with Crippen LogP contribution in [0, 0.1) is 11.3 Å². The Labute approximate surface area is 76.8 Å². The molecule has 0 aliphatic rings. The summed E-state index contributed by atoms with van der Waals surface area (Å²) in [7, 11) is 0. The molecule has 1 aromatic rings. The van der Waals surface area contributed by atoms with Gasteiger partial charge in [0, 0.05) is 10.0 Å². The van der Waals surface area contributed by atoms with E-state index < -0.39 is 5.92 Å². The second-order valence-electron chi connectivity index (χ2n) is 2.19. The van der Waals surface area contributed by atoms with Gasteiger partial charge in [0.25, 0.3) is 0 Å². The monoisotopic (exact) mass is 231 g/mol. The van der Waals surface area contributed by atoms with Crippen LogP contribution < -0.4 is 0 Å². The normalized spacial score (nSPS) is 10.8. The zero-order valence-electron chi connectivity index (χ0n) is 5.89. The van der Waals surface area contributed by atoms with E-state index in [0.717, 1.165) is 6.07 Å².